The van der Waals surface area contributed by atoms with Gasteiger partial charge in [0, 0.05) is 12.0 Å². The van der Waals surface area contributed by atoms with Gasteiger partial charge in [-0.05, 0) is 18.6 Å². The van der Waals surface area contributed by atoms with Gasteiger partial charge in [0.15, 0.2) is 11.5 Å². The van der Waals surface area contributed by atoms with Crippen LogP contribution in [0.25, 0.3) is 0 Å². The summed E-state index contributed by atoms with van der Waals surface area (Å²) < 4.78 is 22.4. The van der Waals surface area contributed by atoms with Crippen molar-refractivity contribution in [2.75, 3.05) is 14.2 Å². The van der Waals surface area contributed by atoms with Crippen LogP contribution in [0.2, 0.25) is 5.02 Å². The summed E-state index contributed by atoms with van der Waals surface area (Å²) in [7, 11) is 2.98. The number of ketones is 1. The van der Waals surface area contributed by atoms with Crippen LogP contribution in [0.15, 0.2) is 22.8 Å². The monoisotopic (exact) mass is 350 g/mol. The molecule has 0 saturated carbocycles. The number of benzene rings is 1. The van der Waals surface area contributed by atoms with Crippen molar-refractivity contribution in [3.63, 3.8) is 0 Å². The van der Waals surface area contributed by atoms with Crippen molar-refractivity contribution in [2.45, 2.75) is 26.4 Å². The Labute approximate surface area is 145 Å². The van der Waals surface area contributed by atoms with Gasteiger partial charge < -0.3 is 18.6 Å². The highest BCUT2D eigenvalue weighted by atomic mass is 35.5. The first-order chi connectivity index (χ1) is 11.4. The predicted octanol–water partition coefficient (Wildman–Crippen LogP) is 4.39. The molecule has 2 aromatic rings. The molecule has 1 aromatic carbocycles. The number of halogens is 1. The Morgan fingerprint density at radius 1 is 1.17 bits per heavy atom. The number of Topliss-reactive ketones (excluding diaryl/α,β-unsaturated/α-hetero) is 1. The number of ether oxygens (including phenoxy) is 3. The van der Waals surface area contributed by atoms with Gasteiger partial charge in [-0.3, -0.25) is 4.79 Å². The first-order valence-corrected chi connectivity index (χ1v) is 7.98. The molecule has 0 bridgehead atoms. The van der Waals surface area contributed by atoms with Crippen molar-refractivity contribution in [3.8, 4) is 17.2 Å². The highest BCUT2D eigenvalue weighted by Crippen LogP contribution is 2.54. The van der Waals surface area contributed by atoms with Crippen molar-refractivity contribution in [2.24, 2.45) is 5.92 Å². The Hall–Kier alpha value is -2.14. The predicted molar refractivity (Wildman–Crippen MR) is 89.5 cm³/mol. The van der Waals surface area contributed by atoms with Crippen LogP contribution in [0.5, 0.6) is 17.2 Å². The number of fused-ring (bicyclic) bond motifs is 1. The smallest absolute Gasteiger partial charge is 0.231 e. The summed E-state index contributed by atoms with van der Waals surface area (Å²) >= 11 is 6.38. The molecule has 128 valence electrons. The van der Waals surface area contributed by atoms with E-state index in [1.54, 1.807) is 18.4 Å². The number of carbonyl (C=O) groups is 1. The van der Waals surface area contributed by atoms with Crippen LogP contribution in [0.3, 0.4) is 0 Å². The zero-order chi connectivity index (χ0) is 17.6. The van der Waals surface area contributed by atoms with Crippen molar-refractivity contribution in [1.82, 2.24) is 0 Å². The fourth-order valence-electron chi connectivity index (χ4n) is 3.05. The average molecular weight is 351 g/mol. The first kappa shape index (κ1) is 16.7. The van der Waals surface area contributed by atoms with E-state index in [9.17, 15) is 4.79 Å². The number of rotatable bonds is 4. The van der Waals surface area contributed by atoms with E-state index in [-0.39, 0.29) is 22.5 Å². The van der Waals surface area contributed by atoms with Crippen LogP contribution in [0.4, 0.5) is 0 Å². The summed E-state index contributed by atoms with van der Waals surface area (Å²) in [5, 5.41) is 0.243. The molecule has 2 heterocycles. The third-order valence-electron chi connectivity index (χ3n) is 4.33. The van der Waals surface area contributed by atoms with E-state index in [1.807, 2.05) is 20.8 Å². The lowest BCUT2D eigenvalue weighted by atomic mass is 9.82. The average Bonchev–Trinajstić information content (AvgIpc) is 3.11. The SMILES string of the molecule is COc1cc(OC)c2c(c1Cl)O[C@](c1cc(C)co1)(C(C)C)C2=O. The number of aryl methyl sites for hydroxylation is 1. The molecule has 1 atom stereocenters. The topological polar surface area (TPSA) is 57.9 Å². The van der Waals surface area contributed by atoms with Gasteiger partial charge in [-0.25, -0.2) is 0 Å². The lowest BCUT2D eigenvalue weighted by Gasteiger charge is -2.29. The molecule has 0 unspecified atom stereocenters. The van der Waals surface area contributed by atoms with E-state index in [0.717, 1.165) is 5.56 Å². The molecule has 6 heteroatoms. The Morgan fingerprint density at radius 2 is 1.83 bits per heavy atom. The van der Waals surface area contributed by atoms with E-state index >= 15 is 0 Å². The summed E-state index contributed by atoms with van der Waals surface area (Å²) in [4.78, 5) is 13.3. The molecule has 0 radical (unpaired) electrons. The number of hydrogen-bond donors (Lipinski definition) is 0. The van der Waals surface area contributed by atoms with E-state index in [2.05, 4.69) is 0 Å². The largest absolute Gasteiger partial charge is 0.496 e. The van der Waals surface area contributed by atoms with Crippen molar-refractivity contribution < 1.29 is 23.4 Å². The number of furan rings is 1. The maximum absolute atomic E-state index is 13.3. The van der Waals surface area contributed by atoms with Gasteiger partial charge >= 0.3 is 0 Å². The second kappa shape index (κ2) is 5.74. The molecule has 0 spiro atoms. The molecule has 0 saturated heterocycles. The van der Waals surface area contributed by atoms with Crippen LogP contribution in [0, 0.1) is 12.8 Å². The fraction of sp³-hybridized carbons (Fsp3) is 0.389. The molecule has 3 rings (SSSR count). The maximum atomic E-state index is 13.3. The van der Waals surface area contributed by atoms with Crippen LogP contribution in [-0.4, -0.2) is 20.0 Å². The van der Waals surface area contributed by atoms with Gasteiger partial charge in [0.05, 0.1) is 20.5 Å². The quantitative estimate of drug-likeness (QED) is 0.818. The summed E-state index contributed by atoms with van der Waals surface area (Å²) in [5.41, 5.74) is -0.0565. The third-order valence-corrected chi connectivity index (χ3v) is 4.69. The van der Waals surface area contributed by atoms with Gasteiger partial charge in [0.2, 0.25) is 11.4 Å². The molecule has 0 fully saturated rings. The number of hydrogen-bond acceptors (Lipinski definition) is 5. The molecular weight excluding hydrogens is 332 g/mol. The fourth-order valence-corrected chi connectivity index (χ4v) is 3.32. The molecule has 5 nitrogen and oxygen atoms in total. The van der Waals surface area contributed by atoms with Gasteiger partial charge in [0.1, 0.15) is 22.1 Å². The Bertz CT molecular complexity index is 808. The molecule has 0 aliphatic carbocycles. The Morgan fingerprint density at radius 3 is 2.33 bits per heavy atom. The minimum atomic E-state index is -1.28. The standard InChI is InChI=1S/C18H19ClO5/c1-9(2)18(13-6-10(3)8-23-13)17(20)14-11(21-4)7-12(22-5)15(19)16(14)24-18/h6-9H,1-5H3/t18-/m0/s1. The van der Waals surface area contributed by atoms with Gasteiger partial charge in [-0.15, -0.1) is 0 Å². The maximum Gasteiger partial charge on any atom is 0.231 e. The summed E-state index contributed by atoms with van der Waals surface area (Å²) in [6.45, 7) is 5.70. The van der Waals surface area contributed by atoms with Gasteiger partial charge in [0.25, 0.3) is 0 Å². The molecule has 1 aliphatic heterocycles. The van der Waals surface area contributed by atoms with Crippen molar-refractivity contribution >= 4 is 17.4 Å². The summed E-state index contributed by atoms with van der Waals surface area (Å²) in [6.07, 6.45) is 1.60. The van der Waals surface area contributed by atoms with Crippen LogP contribution < -0.4 is 14.2 Å². The highest BCUT2D eigenvalue weighted by molar-refractivity contribution is 6.35. The molecule has 0 amide bonds. The van der Waals surface area contributed by atoms with Gasteiger partial charge in [-0.1, -0.05) is 25.4 Å². The highest BCUT2D eigenvalue weighted by Gasteiger charge is 2.56. The first-order valence-electron chi connectivity index (χ1n) is 7.60. The van der Waals surface area contributed by atoms with Crippen molar-refractivity contribution in [1.29, 1.82) is 0 Å². The number of methoxy groups -OCH3 is 2. The summed E-state index contributed by atoms with van der Waals surface area (Å²) in [5.74, 6) is 1.05. The molecule has 1 aliphatic rings. The van der Waals surface area contributed by atoms with Crippen molar-refractivity contribution in [3.05, 3.63) is 40.3 Å². The second-order valence-corrected chi connectivity index (χ2v) is 6.49. The van der Waals surface area contributed by atoms with E-state index in [1.165, 1.54) is 14.2 Å². The van der Waals surface area contributed by atoms with E-state index in [0.29, 0.717) is 22.8 Å². The second-order valence-electron chi connectivity index (χ2n) is 6.11. The van der Waals surface area contributed by atoms with E-state index in [4.69, 9.17) is 30.2 Å². The Kier molecular flexibility index (Phi) is 4.00. The van der Waals surface area contributed by atoms with Crippen LogP contribution in [-0.2, 0) is 5.60 Å². The molecule has 1 aromatic heterocycles. The Balaban J connectivity index is 2.27. The minimum Gasteiger partial charge on any atom is -0.496 e. The lowest BCUT2D eigenvalue weighted by molar-refractivity contribution is 0.0207. The molecular formula is C18H19ClO5. The zero-order valence-corrected chi connectivity index (χ0v) is 15.0. The van der Waals surface area contributed by atoms with Crippen LogP contribution >= 0.6 is 11.6 Å². The number of carbonyl (C=O) groups excluding carboxylic acids is 1. The van der Waals surface area contributed by atoms with Crippen LogP contribution in [0.1, 0.15) is 35.5 Å². The van der Waals surface area contributed by atoms with Gasteiger partial charge in [-0.2, -0.15) is 0 Å². The normalized spacial score (nSPS) is 19.4. The third kappa shape index (κ3) is 2.11. The molecule has 0 N–H and O–H groups in total. The van der Waals surface area contributed by atoms with E-state index < -0.39 is 5.60 Å². The minimum absolute atomic E-state index is 0.185. The lowest BCUT2D eigenvalue weighted by Crippen LogP contribution is -2.42. The molecule has 24 heavy (non-hydrogen) atoms. The summed E-state index contributed by atoms with van der Waals surface area (Å²) in [6, 6.07) is 3.40. The zero-order valence-electron chi connectivity index (χ0n) is 14.2.